The van der Waals surface area contributed by atoms with Gasteiger partial charge in [0.05, 0.1) is 5.69 Å². The summed E-state index contributed by atoms with van der Waals surface area (Å²) in [4.78, 5) is 4.40. The Morgan fingerprint density at radius 2 is 1.79 bits per heavy atom. The lowest BCUT2D eigenvalue weighted by Crippen LogP contribution is -2.26. The lowest BCUT2D eigenvalue weighted by atomic mass is 9.90. The van der Waals surface area contributed by atoms with Gasteiger partial charge in [-0.15, -0.1) is 0 Å². The molecule has 0 atom stereocenters. The number of nitrogens with zero attached hydrogens (tertiary/aromatic N) is 1. The molecule has 0 aliphatic carbocycles. The third-order valence-corrected chi connectivity index (χ3v) is 3.73. The van der Waals surface area contributed by atoms with Crippen molar-refractivity contribution in [2.24, 2.45) is 0 Å². The standard InChI is InChI=1S/C16H17FN2/c17-15-3-1-13(2-4-15)16-11-14(7-10-19-16)12-5-8-18-9-6-12/h1-4,7,10-12,18H,5-6,8-9H2. The SMILES string of the molecule is Fc1ccc(-c2cc(C3CCNCC3)ccn2)cc1. The van der Waals surface area contributed by atoms with E-state index in [1.54, 1.807) is 12.1 Å². The fourth-order valence-electron chi connectivity index (χ4n) is 2.63. The van der Waals surface area contributed by atoms with Gasteiger partial charge in [-0.05, 0) is 73.8 Å². The van der Waals surface area contributed by atoms with Gasteiger partial charge >= 0.3 is 0 Å². The summed E-state index contributed by atoms with van der Waals surface area (Å²) < 4.78 is 12.9. The van der Waals surface area contributed by atoms with Crippen molar-refractivity contribution < 1.29 is 4.39 Å². The van der Waals surface area contributed by atoms with E-state index in [0.717, 1.165) is 24.3 Å². The van der Waals surface area contributed by atoms with Gasteiger partial charge in [0.1, 0.15) is 5.82 Å². The Balaban J connectivity index is 1.88. The minimum absolute atomic E-state index is 0.210. The van der Waals surface area contributed by atoms with Crippen LogP contribution in [0.15, 0.2) is 42.6 Å². The van der Waals surface area contributed by atoms with Gasteiger partial charge in [0, 0.05) is 11.8 Å². The quantitative estimate of drug-likeness (QED) is 0.891. The number of halogens is 1. The van der Waals surface area contributed by atoms with Crippen molar-refractivity contribution in [3.05, 3.63) is 54.0 Å². The molecule has 19 heavy (non-hydrogen) atoms. The Bertz CT molecular complexity index is 545. The molecule has 2 heterocycles. The van der Waals surface area contributed by atoms with Gasteiger partial charge in [0.25, 0.3) is 0 Å². The summed E-state index contributed by atoms with van der Waals surface area (Å²) in [5, 5.41) is 3.38. The van der Waals surface area contributed by atoms with Gasteiger partial charge < -0.3 is 5.32 Å². The summed E-state index contributed by atoms with van der Waals surface area (Å²) in [6.45, 7) is 2.16. The number of benzene rings is 1. The maximum atomic E-state index is 12.9. The third kappa shape index (κ3) is 2.82. The Labute approximate surface area is 112 Å². The van der Waals surface area contributed by atoms with Gasteiger partial charge in [-0.2, -0.15) is 0 Å². The molecule has 0 radical (unpaired) electrons. The van der Waals surface area contributed by atoms with E-state index in [9.17, 15) is 4.39 Å². The average molecular weight is 256 g/mol. The predicted octanol–water partition coefficient (Wildman–Crippen LogP) is 3.35. The van der Waals surface area contributed by atoms with Crippen molar-refractivity contribution in [1.82, 2.24) is 10.3 Å². The van der Waals surface area contributed by atoms with Crippen LogP contribution in [-0.2, 0) is 0 Å². The van der Waals surface area contributed by atoms with Crippen molar-refractivity contribution >= 4 is 0 Å². The van der Waals surface area contributed by atoms with E-state index in [1.807, 2.05) is 6.20 Å². The smallest absolute Gasteiger partial charge is 0.123 e. The van der Waals surface area contributed by atoms with Crippen LogP contribution in [0.1, 0.15) is 24.3 Å². The Morgan fingerprint density at radius 3 is 2.53 bits per heavy atom. The molecule has 2 nitrogen and oxygen atoms in total. The van der Waals surface area contributed by atoms with Crippen LogP contribution in [-0.4, -0.2) is 18.1 Å². The highest BCUT2D eigenvalue weighted by Crippen LogP contribution is 2.27. The molecule has 3 heteroatoms. The van der Waals surface area contributed by atoms with E-state index in [4.69, 9.17) is 0 Å². The third-order valence-electron chi connectivity index (χ3n) is 3.73. The lowest BCUT2D eigenvalue weighted by molar-refractivity contribution is 0.460. The van der Waals surface area contributed by atoms with Crippen molar-refractivity contribution in [2.45, 2.75) is 18.8 Å². The predicted molar refractivity (Wildman–Crippen MR) is 74.5 cm³/mol. The molecular formula is C16H17FN2. The van der Waals surface area contributed by atoms with Gasteiger partial charge in [-0.25, -0.2) is 4.39 Å². The second-order valence-corrected chi connectivity index (χ2v) is 5.01. The molecule has 1 aromatic heterocycles. The lowest BCUT2D eigenvalue weighted by Gasteiger charge is -2.23. The van der Waals surface area contributed by atoms with Crippen LogP contribution in [0, 0.1) is 5.82 Å². The maximum Gasteiger partial charge on any atom is 0.123 e. The topological polar surface area (TPSA) is 24.9 Å². The molecule has 1 aromatic carbocycles. The van der Waals surface area contributed by atoms with Crippen LogP contribution >= 0.6 is 0 Å². The van der Waals surface area contributed by atoms with Crippen molar-refractivity contribution in [3.63, 3.8) is 0 Å². The van der Waals surface area contributed by atoms with Crippen LogP contribution in [0.25, 0.3) is 11.3 Å². The summed E-state index contributed by atoms with van der Waals surface area (Å²) in [5.74, 6) is 0.404. The maximum absolute atomic E-state index is 12.9. The molecule has 0 saturated carbocycles. The zero-order valence-corrected chi connectivity index (χ0v) is 10.8. The number of piperidine rings is 1. The molecule has 3 rings (SSSR count). The van der Waals surface area contributed by atoms with Gasteiger partial charge in [-0.1, -0.05) is 0 Å². The first kappa shape index (κ1) is 12.3. The first-order valence-electron chi connectivity index (χ1n) is 6.75. The minimum Gasteiger partial charge on any atom is -0.317 e. The Hall–Kier alpha value is -1.74. The normalized spacial score (nSPS) is 16.5. The van der Waals surface area contributed by atoms with Crippen molar-refractivity contribution in [2.75, 3.05) is 13.1 Å². The van der Waals surface area contributed by atoms with E-state index in [-0.39, 0.29) is 5.82 Å². The van der Waals surface area contributed by atoms with Crippen LogP contribution in [0.2, 0.25) is 0 Å². The zero-order valence-electron chi connectivity index (χ0n) is 10.8. The second-order valence-electron chi connectivity index (χ2n) is 5.01. The molecule has 1 saturated heterocycles. The number of pyridine rings is 1. The molecule has 0 amide bonds. The summed E-state index contributed by atoms with van der Waals surface area (Å²) in [6, 6.07) is 10.8. The first-order chi connectivity index (χ1) is 9.33. The largest absolute Gasteiger partial charge is 0.317 e. The molecule has 2 aromatic rings. The second kappa shape index (κ2) is 5.49. The Kier molecular flexibility index (Phi) is 3.56. The Morgan fingerprint density at radius 1 is 1.05 bits per heavy atom. The minimum atomic E-state index is -0.210. The van der Waals surface area contributed by atoms with Crippen molar-refractivity contribution in [1.29, 1.82) is 0 Å². The highest BCUT2D eigenvalue weighted by atomic mass is 19.1. The van der Waals surface area contributed by atoms with Gasteiger partial charge in [0.2, 0.25) is 0 Å². The number of nitrogens with one attached hydrogen (secondary N) is 1. The van der Waals surface area contributed by atoms with E-state index in [0.29, 0.717) is 5.92 Å². The first-order valence-corrected chi connectivity index (χ1v) is 6.75. The number of hydrogen-bond acceptors (Lipinski definition) is 2. The fourth-order valence-corrected chi connectivity index (χ4v) is 2.63. The van der Waals surface area contributed by atoms with E-state index >= 15 is 0 Å². The zero-order chi connectivity index (χ0) is 13.1. The highest BCUT2D eigenvalue weighted by Gasteiger charge is 2.15. The molecule has 1 fully saturated rings. The highest BCUT2D eigenvalue weighted by molar-refractivity contribution is 5.59. The monoisotopic (exact) mass is 256 g/mol. The molecule has 1 N–H and O–H groups in total. The van der Waals surface area contributed by atoms with Gasteiger partial charge in [-0.3, -0.25) is 4.98 Å². The summed E-state index contributed by atoms with van der Waals surface area (Å²) in [7, 11) is 0. The number of aromatic nitrogens is 1. The molecule has 0 bridgehead atoms. The molecule has 1 aliphatic rings. The van der Waals surface area contributed by atoms with E-state index in [1.165, 1.54) is 30.5 Å². The van der Waals surface area contributed by atoms with E-state index in [2.05, 4.69) is 22.4 Å². The number of rotatable bonds is 2. The average Bonchev–Trinajstić information content (AvgIpc) is 2.49. The molecular weight excluding hydrogens is 239 g/mol. The summed E-state index contributed by atoms with van der Waals surface area (Å²) in [6.07, 6.45) is 4.20. The van der Waals surface area contributed by atoms with E-state index < -0.39 is 0 Å². The number of hydrogen-bond donors (Lipinski definition) is 1. The molecule has 98 valence electrons. The fraction of sp³-hybridized carbons (Fsp3) is 0.312. The summed E-state index contributed by atoms with van der Waals surface area (Å²) >= 11 is 0. The van der Waals surface area contributed by atoms with Crippen LogP contribution < -0.4 is 5.32 Å². The molecule has 0 unspecified atom stereocenters. The van der Waals surface area contributed by atoms with Crippen LogP contribution in [0.5, 0.6) is 0 Å². The van der Waals surface area contributed by atoms with Crippen LogP contribution in [0.4, 0.5) is 4.39 Å². The van der Waals surface area contributed by atoms with Gasteiger partial charge in [0.15, 0.2) is 0 Å². The van der Waals surface area contributed by atoms with Crippen molar-refractivity contribution in [3.8, 4) is 11.3 Å². The molecule has 0 spiro atoms. The molecule has 1 aliphatic heterocycles. The summed E-state index contributed by atoms with van der Waals surface area (Å²) in [5.41, 5.74) is 3.24. The van der Waals surface area contributed by atoms with Crippen LogP contribution in [0.3, 0.4) is 0 Å².